The van der Waals surface area contributed by atoms with E-state index in [0.29, 0.717) is 6.04 Å². The van der Waals surface area contributed by atoms with Gasteiger partial charge in [-0.3, -0.25) is 0 Å². The number of likely N-dealkylation sites (tertiary alicyclic amines) is 1. The molecule has 0 aliphatic carbocycles. The zero-order valence-corrected chi connectivity index (χ0v) is 16.1. The Morgan fingerprint density at radius 2 is 2.00 bits per heavy atom. The first-order chi connectivity index (χ1) is 10.8. The first-order valence-corrected chi connectivity index (χ1v) is 9.10. The average molecular weight is 383 g/mol. The van der Waals surface area contributed by atoms with Crippen LogP contribution in [-0.2, 0) is 11.2 Å². The van der Waals surface area contributed by atoms with Crippen LogP contribution in [0.4, 0.5) is 10.5 Å². The summed E-state index contributed by atoms with van der Waals surface area (Å²) in [4.78, 5) is 13.9. The predicted octanol–water partition coefficient (Wildman–Crippen LogP) is 4.82. The van der Waals surface area contributed by atoms with Crippen LogP contribution in [0.15, 0.2) is 22.7 Å². The monoisotopic (exact) mass is 382 g/mol. The Bertz CT molecular complexity index is 546. The number of ether oxygens (including phenoxy) is 1. The summed E-state index contributed by atoms with van der Waals surface area (Å²) < 4.78 is 6.55. The average Bonchev–Trinajstić information content (AvgIpc) is 2.48. The topological polar surface area (TPSA) is 41.6 Å². The number of anilines is 1. The minimum absolute atomic E-state index is 0.200. The summed E-state index contributed by atoms with van der Waals surface area (Å²) in [6.07, 6.45) is 2.68. The molecular weight excluding hydrogens is 356 g/mol. The molecule has 23 heavy (non-hydrogen) atoms. The highest BCUT2D eigenvalue weighted by Gasteiger charge is 2.26. The Labute approximate surface area is 147 Å². The minimum Gasteiger partial charge on any atom is -0.444 e. The molecule has 1 aliphatic rings. The fourth-order valence-corrected chi connectivity index (χ4v) is 3.16. The smallest absolute Gasteiger partial charge is 0.410 e. The molecule has 1 heterocycles. The van der Waals surface area contributed by atoms with E-state index >= 15 is 0 Å². The maximum atomic E-state index is 12.1. The molecule has 1 amide bonds. The van der Waals surface area contributed by atoms with Crippen LogP contribution in [0.3, 0.4) is 0 Å². The molecular formula is C18H27BrN2O2. The molecule has 1 aromatic rings. The van der Waals surface area contributed by atoms with E-state index in [-0.39, 0.29) is 6.09 Å². The summed E-state index contributed by atoms with van der Waals surface area (Å²) in [7, 11) is 0. The second-order valence-corrected chi connectivity index (χ2v) is 7.96. The molecule has 1 aliphatic heterocycles. The Morgan fingerprint density at radius 1 is 1.35 bits per heavy atom. The first kappa shape index (κ1) is 18.1. The summed E-state index contributed by atoms with van der Waals surface area (Å²) in [6.45, 7) is 9.35. The summed E-state index contributed by atoms with van der Waals surface area (Å²) in [6, 6.07) is 6.76. The lowest BCUT2D eigenvalue weighted by Gasteiger charge is -2.34. The fourth-order valence-electron chi connectivity index (χ4n) is 2.75. The number of hydrogen-bond donors (Lipinski definition) is 1. The summed E-state index contributed by atoms with van der Waals surface area (Å²) >= 11 is 3.52. The van der Waals surface area contributed by atoms with Crippen LogP contribution in [0.5, 0.6) is 0 Å². The molecule has 0 saturated carbocycles. The van der Waals surface area contributed by atoms with Gasteiger partial charge in [-0.2, -0.15) is 0 Å². The molecule has 1 fully saturated rings. The summed E-state index contributed by atoms with van der Waals surface area (Å²) in [5.74, 6) is 0. The molecule has 128 valence electrons. The second-order valence-electron chi connectivity index (χ2n) is 7.04. The normalized spacial score (nSPS) is 16.3. The zero-order chi connectivity index (χ0) is 17.0. The van der Waals surface area contributed by atoms with Crippen molar-refractivity contribution in [3.05, 3.63) is 28.2 Å². The van der Waals surface area contributed by atoms with E-state index in [1.807, 2.05) is 25.7 Å². The standard InChI is InChI=1S/C18H27BrN2O2/c1-5-13-12-14(19)6-7-16(13)20-15-8-10-21(11-9-15)17(22)23-18(2,3)4/h6-7,12,15,20H,5,8-11H2,1-4H3. The number of benzene rings is 1. The summed E-state index contributed by atoms with van der Waals surface area (Å²) in [5.41, 5.74) is 2.08. The quantitative estimate of drug-likeness (QED) is 0.814. The number of nitrogens with one attached hydrogen (secondary N) is 1. The van der Waals surface area contributed by atoms with Gasteiger partial charge in [0.1, 0.15) is 5.60 Å². The van der Waals surface area contributed by atoms with E-state index in [1.54, 1.807) is 0 Å². The van der Waals surface area contributed by atoms with E-state index in [1.165, 1.54) is 11.3 Å². The molecule has 2 rings (SSSR count). The van der Waals surface area contributed by atoms with Gasteiger partial charge < -0.3 is 15.0 Å². The Morgan fingerprint density at radius 3 is 2.57 bits per heavy atom. The maximum absolute atomic E-state index is 12.1. The van der Waals surface area contributed by atoms with Gasteiger partial charge in [0.15, 0.2) is 0 Å². The molecule has 0 unspecified atom stereocenters. The van der Waals surface area contributed by atoms with Gasteiger partial charge in [-0.25, -0.2) is 4.79 Å². The predicted molar refractivity (Wildman–Crippen MR) is 98.0 cm³/mol. The highest BCUT2D eigenvalue weighted by Crippen LogP contribution is 2.25. The molecule has 4 nitrogen and oxygen atoms in total. The lowest BCUT2D eigenvalue weighted by molar-refractivity contribution is 0.0210. The van der Waals surface area contributed by atoms with Crippen LogP contribution in [0.1, 0.15) is 46.1 Å². The van der Waals surface area contributed by atoms with Gasteiger partial charge in [-0.1, -0.05) is 22.9 Å². The maximum Gasteiger partial charge on any atom is 0.410 e. The molecule has 0 bridgehead atoms. The largest absolute Gasteiger partial charge is 0.444 e. The third-order valence-electron chi connectivity index (χ3n) is 3.95. The van der Waals surface area contributed by atoms with Crippen molar-refractivity contribution in [3.63, 3.8) is 0 Å². The summed E-state index contributed by atoms with van der Waals surface area (Å²) in [5, 5.41) is 3.64. The third-order valence-corrected chi connectivity index (χ3v) is 4.45. The van der Waals surface area contributed by atoms with Gasteiger partial charge in [0.05, 0.1) is 0 Å². The van der Waals surface area contributed by atoms with Gasteiger partial charge >= 0.3 is 6.09 Å². The molecule has 1 N–H and O–H groups in total. The van der Waals surface area contributed by atoms with E-state index in [2.05, 4.69) is 46.4 Å². The van der Waals surface area contributed by atoms with Crippen molar-refractivity contribution in [2.24, 2.45) is 0 Å². The number of carbonyl (C=O) groups is 1. The lowest BCUT2D eigenvalue weighted by Crippen LogP contribution is -2.44. The molecule has 0 radical (unpaired) electrons. The van der Waals surface area contributed by atoms with Crippen LogP contribution in [0.2, 0.25) is 0 Å². The van der Waals surface area contributed by atoms with Crippen LogP contribution < -0.4 is 5.32 Å². The molecule has 1 saturated heterocycles. The SMILES string of the molecule is CCc1cc(Br)ccc1NC1CCN(C(=O)OC(C)(C)C)CC1. The van der Waals surface area contributed by atoms with E-state index in [0.717, 1.165) is 36.8 Å². The molecule has 1 aromatic carbocycles. The first-order valence-electron chi connectivity index (χ1n) is 8.31. The Kier molecular flexibility index (Phi) is 5.95. The van der Waals surface area contributed by atoms with Crippen molar-refractivity contribution in [2.75, 3.05) is 18.4 Å². The molecule has 5 heteroatoms. The number of piperidine rings is 1. The number of nitrogens with zero attached hydrogens (tertiary/aromatic N) is 1. The molecule has 0 aromatic heterocycles. The van der Waals surface area contributed by atoms with Crippen molar-refractivity contribution >= 4 is 27.7 Å². The fraction of sp³-hybridized carbons (Fsp3) is 0.611. The number of amides is 1. The Balaban J connectivity index is 1.89. The molecule has 0 atom stereocenters. The number of hydrogen-bond acceptors (Lipinski definition) is 3. The van der Waals surface area contributed by atoms with E-state index < -0.39 is 5.60 Å². The van der Waals surface area contributed by atoms with Crippen molar-refractivity contribution in [1.82, 2.24) is 4.90 Å². The van der Waals surface area contributed by atoms with Gasteiger partial charge in [0.2, 0.25) is 0 Å². The van der Waals surface area contributed by atoms with Crippen molar-refractivity contribution in [1.29, 1.82) is 0 Å². The van der Waals surface area contributed by atoms with E-state index in [9.17, 15) is 4.79 Å². The number of carbonyl (C=O) groups excluding carboxylic acids is 1. The van der Waals surface area contributed by atoms with Crippen molar-refractivity contribution in [2.45, 2.75) is 58.6 Å². The van der Waals surface area contributed by atoms with Gasteiger partial charge in [0.25, 0.3) is 0 Å². The third kappa shape index (κ3) is 5.41. The van der Waals surface area contributed by atoms with Gasteiger partial charge in [-0.15, -0.1) is 0 Å². The van der Waals surface area contributed by atoms with Gasteiger partial charge in [-0.05, 0) is 63.8 Å². The minimum atomic E-state index is -0.431. The number of rotatable bonds is 3. The van der Waals surface area contributed by atoms with Crippen LogP contribution >= 0.6 is 15.9 Å². The highest BCUT2D eigenvalue weighted by atomic mass is 79.9. The lowest BCUT2D eigenvalue weighted by atomic mass is 10.0. The second kappa shape index (κ2) is 7.56. The van der Waals surface area contributed by atoms with E-state index in [4.69, 9.17) is 4.74 Å². The van der Waals surface area contributed by atoms with Crippen LogP contribution in [0, 0.1) is 0 Å². The highest BCUT2D eigenvalue weighted by molar-refractivity contribution is 9.10. The van der Waals surface area contributed by atoms with Gasteiger partial charge in [0, 0.05) is 29.3 Å². The number of halogens is 1. The zero-order valence-electron chi connectivity index (χ0n) is 14.5. The van der Waals surface area contributed by atoms with Crippen LogP contribution in [0.25, 0.3) is 0 Å². The van der Waals surface area contributed by atoms with Crippen molar-refractivity contribution in [3.8, 4) is 0 Å². The number of aryl methyl sites for hydroxylation is 1. The molecule has 0 spiro atoms. The Hall–Kier alpha value is -1.23. The van der Waals surface area contributed by atoms with Crippen molar-refractivity contribution < 1.29 is 9.53 Å². The van der Waals surface area contributed by atoms with Crippen LogP contribution in [-0.4, -0.2) is 35.7 Å².